The van der Waals surface area contributed by atoms with Gasteiger partial charge in [-0.3, -0.25) is 0 Å². The van der Waals surface area contributed by atoms with Crippen LogP contribution in [0.1, 0.15) is 25.3 Å². The molecule has 1 fully saturated rings. The number of hydrogen-bond acceptors (Lipinski definition) is 3. The maximum atomic E-state index is 6.41. The molecule has 0 saturated heterocycles. The van der Waals surface area contributed by atoms with Crippen LogP contribution in [0.5, 0.6) is 0 Å². The van der Waals surface area contributed by atoms with E-state index in [4.69, 9.17) is 22.1 Å². The molecule has 4 heteroatoms. The molecule has 2 N–H and O–H groups in total. The van der Waals surface area contributed by atoms with E-state index in [1.807, 2.05) is 12.1 Å². The van der Waals surface area contributed by atoms with E-state index in [1.54, 1.807) is 7.11 Å². The highest BCUT2D eigenvalue weighted by molar-refractivity contribution is 6.33. The zero-order valence-corrected chi connectivity index (χ0v) is 12.5. The first-order valence-electron chi connectivity index (χ1n) is 6.92. The van der Waals surface area contributed by atoms with Gasteiger partial charge >= 0.3 is 0 Å². The first kappa shape index (κ1) is 14.6. The Balaban J connectivity index is 2.30. The van der Waals surface area contributed by atoms with Crippen molar-refractivity contribution in [1.82, 2.24) is 0 Å². The Morgan fingerprint density at radius 3 is 2.79 bits per heavy atom. The van der Waals surface area contributed by atoms with Crippen LogP contribution in [0.15, 0.2) is 18.2 Å². The molecule has 0 spiro atoms. The second-order valence-corrected chi connectivity index (χ2v) is 5.62. The van der Waals surface area contributed by atoms with Gasteiger partial charge in [-0.1, -0.05) is 23.7 Å². The number of nitrogens with two attached hydrogens (primary N) is 1. The smallest absolute Gasteiger partial charge is 0.0643 e. The maximum absolute atomic E-state index is 6.41. The number of benzene rings is 1. The molecule has 1 atom stereocenters. The van der Waals surface area contributed by atoms with Gasteiger partial charge in [0, 0.05) is 26.2 Å². The average molecular weight is 283 g/mol. The van der Waals surface area contributed by atoms with E-state index in [1.165, 1.54) is 12.8 Å². The highest BCUT2D eigenvalue weighted by atomic mass is 35.5. The number of halogens is 1. The molecule has 1 saturated carbocycles. The summed E-state index contributed by atoms with van der Waals surface area (Å²) in [6.45, 7) is 4.34. The third-order valence-electron chi connectivity index (χ3n) is 3.91. The van der Waals surface area contributed by atoms with Gasteiger partial charge in [-0.25, -0.2) is 0 Å². The Labute approximate surface area is 120 Å². The molecule has 1 aromatic carbocycles. The van der Waals surface area contributed by atoms with Crippen LogP contribution < -0.4 is 10.6 Å². The third kappa shape index (κ3) is 3.41. The van der Waals surface area contributed by atoms with Gasteiger partial charge in [0.1, 0.15) is 0 Å². The van der Waals surface area contributed by atoms with Crippen molar-refractivity contribution in [3.8, 4) is 0 Å². The summed E-state index contributed by atoms with van der Waals surface area (Å²) in [6.07, 6.45) is 2.63. The van der Waals surface area contributed by atoms with E-state index >= 15 is 0 Å². The normalized spacial score (nSPS) is 16.4. The summed E-state index contributed by atoms with van der Waals surface area (Å²) >= 11 is 6.41. The Kier molecular flexibility index (Phi) is 5.08. The van der Waals surface area contributed by atoms with Crippen LogP contribution in [0.2, 0.25) is 5.02 Å². The Bertz CT molecular complexity index is 421. The highest BCUT2D eigenvalue weighted by Crippen LogP contribution is 2.39. The lowest BCUT2D eigenvalue weighted by molar-refractivity contribution is 0.202. The highest BCUT2D eigenvalue weighted by Gasteiger charge is 2.33. The van der Waals surface area contributed by atoms with Crippen molar-refractivity contribution >= 4 is 17.3 Å². The molecule has 19 heavy (non-hydrogen) atoms. The fraction of sp³-hybridized carbons (Fsp3) is 0.600. The first-order valence-corrected chi connectivity index (χ1v) is 7.29. The summed E-state index contributed by atoms with van der Waals surface area (Å²) in [5, 5.41) is 0.784. The number of ether oxygens (including phenoxy) is 1. The fourth-order valence-electron chi connectivity index (χ4n) is 2.59. The molecule has 1 aliphatic rings. The lowest BCUT2D eigenvalue weighted by Crippen LogP contribution is -2.38. The molecule has 106 valence electrons. The number of para-hydroxylation sites is 1. The van der Waals surface area contributed by atoms with Gasteiger partial charge in [-0.05, 0) is 37.3 Å². The van der Waals surface area contributed by atoms with Crippen LogP contribution in [0, 0.1) is 5.92 Å². The minimum absolute atomic E-state index is 0.486. The number of methoxy groups -OCH3 is 1. The lowest BCUT2D eigenvalue weighted by Gasteiger charge is -2.33. The van der Waals surface area contributed by atoms with E-state index in [2.05, 4.69) is 17.9 Å². The van der Waals surface area contributed by atoms with Crippen LogP contribution in [0.4, 0.5) is 5.69 Å². The van der Waals surface area contributed by atoms with Gasteiger partial charge in [0.25, 0.3) is 0 Å². The molecule has 2 rings (SSSR count). The van der Waals surface area contributed by atoms with Crippen LogP contribution in [-0.4, -0.2) is 26.3 Å². The van der Waals surface area contributed by atoms with E-state index in [0.29, 0.717) is 19.2 Å². The predicted molar refractivity (Wildman–Crippen MR) is 80.8 cm³/mol. The van der Waals surface area contributed by atoms with Gasteiger partial charge in [0.2, 0.25) is 0 Å². The number of anilines is 1. The van der Waals surface area contributed by atoms with Gasteiger partial charge in [0.15, 0.2) is 0 Å². The Hall–Kier alpha value is -0.770. The summed E-state index contributed by atoms with van der Waals surface area (Å²) in [7, 11) is 1.73. The minimum atomic E-state index is 0.486. The van der Waals surface area contributed by atoms with Gasteiger partial charge in [0.05, 0.1) is 17.3 Å². The van der Waals surface area contributed by atoms with Crippen molar-refractivity contribution in [2.24, 2.45) is 11.7 Å². The molecule has 0 aromatic heterocycles. The molecule has 3 nitrogen and oxygen atoms in total. The Morgan fingerprint density at radius 2 is 2.21 bits per heavy atom. The monoisotopic (exact) mass is 282 g/mol. The summed E-state index contributed by atoms with van der Waals surface area (Å²) in [4.78, 5) is 2.37. The number of hydrogen-bond donors (Lipinski definition) is 1. The molecule has 0 amide bonds. The standard InChI is InChI=1S/C15H23ClN2O/c1-11(12-6-7-12)18(8-9-19-2)15-13(10-17)4-3-5-14(15)16/h3-5,11-12H,6-10,17H2,1-2H3. The minimum Gasteiger partial charge on any atom is -0.383 e. The summed E-state index contributed by atoms with van der Waals surface area (Å²) in [5.41, 5.74) is 8.06. The molecule has 0 aliphatic heterocycles. The second-order valence-electron chi connectivity index (χ2n) is 5.22. The zero-order chi connectivity index (χ0) is 13.8. The van der Waals surface area contributed by atoms with Crippen molar-refractivity contribution in [3.05, 3.63) is 28.8 Å². The van der Waals surface area contributed by atoms with Crippen molar-refractivity contribution in [2.75, 3.05) is 25.2 Å². The average Bonchev–Trinajstić information content (AvgIpc) is 3.24. The van der Waals surface area contributed by atoms with E-state index in [9.17, 15) is 0 Å². The number of rotatable bonds is 7. The van der Waals surface area contributed by atoms with Crippen molar-refractivity contribution in [3.63, 3.8) is 0 Å². The summed E-state index contributed by atoms with van der Waals surface area (Å²) < 4.78 is 5.24. The molecule has 0 bridgehead atoms. The second kappa shape index (κ2) is 6.60. The molecular weight excluding hydrogens is 260 g/mol. The molecular formula is C15H23ClN2O. The number of nitrogens with zero attached hydrogens (tertiary/aromatic N) is 1. The van der Waals surface area contributed by atoms with Gasteiger partial charge < -0.3 is 15.4 Å². The maximum Gasteiger partial charge on any atom is 0.0643 e. The molecule has 1 aromatic rings. The van der Waals surface area contributed by atoms with Crippen LogP contribution >= 0.6 is 11.6 Å². The zero-order valence-electron chi connectivity index (χ0n) is 11.7. The molecule has 0 radical (unpaired) electrons. The van der Waals surface area contributed by atoms with Crippen LogP contribution in [0.25, 0.3) is 0 Å². The quantitative estimate of drug-likeness (QED) is 0.835. The first-order chi connectivity index (χ1) is 9.19. The largest absolute Gasteiger partial charge is 0.383 e. The molecule has 1 aliphatic carbocycles. The van der Waals surface area contributed by atoms with Crippen molar-refractivity contribution < 1.29 is 4.74 Å². The van der Waals surface area contributed by atoms with E-state index in [0.717, 1.165) is 28.7 Å². The van der Waals surface area contributed by atoms with Crippen LogP contribution in [0.3, 0.4) is 0 Å². The van der Waals surface area contributed by atoms with Gasteiger partial charge in [-0.15, -0.1) is 0 Å². The van der Waals surface area contributed by atoms with E-state index in [-0.39, 0.29) is 0 Å². The fourth-order valence-corrected chi connectivity index (χ4v) is 2.89. The van der Waals surface area contributed by atoms with Crippen molar-refractivity contribution in [2.45, 2.75) is 32.4 Å². The SMILES string of the molecule is COCCN(c1c(Cl)cccc1CN)C(C)C1CC1. The van der Waals surface area contributed by atoms with Crippen LogP contribution in [-0.2, 0) is 11.3 Å². The van der Waals surface area contributed by atoms with E-state index < -0.39 is 0 Å². The summed E-state index contributed by atoms with van der Waals surface area (Å²) in [5.74, 6) is 0.777. The molecule has 0 heterocycles. The Morgan fingerprint density at radius 1 is 1.47 bits per heavy atom. The summed E-state index contributed by atoms with van der Waals surface area (Å²) in [6, 6.07) is 6.45. The third-order valence-corrected chi connectivity index (χ3v) is 4.21. The predicted octanol–water partition coefficient (Wildman–Crippen LogP) is 3.05. The lowest BCUT2D eigenvalue weighted by atomic mass is 10.1. The molecule has 1 unspecified atom stereocenters. The topological polar surface area (TPSA) is 38.5 Å². The van der Waals surface area contributed by atoms with Crippen molar-refractivity contribution in [1.29, 1.82) is 0 Å². The van der Waals surface area contributed by atoms with Gasteiger partial charge in [-0.2, -0.15) is 0 Å².